The summed E-state index contributed by atoms with van der Waals surface area (Å²) in [7, 11) is 0. The number of rotatable bonds is 5. The van der Waals surface area contributed by atoms with E-state index in [0.29, 0.717) is 24.5 Å². The van der Waals surface area contributed by atoms with Crippen molar-refractivity contribution in [2.24, 2.45) is 5.92 Å². The Morgan fingerprint density at radius 3 is 2.89 bits per heavy atom. The van der Waals surface area contributed by atoms with Gasteiger partial charge in [0.15, 0.2) is 5.82 Å². The zero-order valence-electron chi connectivity index (χ0n) is 11.1. The number of carbonyl (C=O) groups excluding carboxylic acids is 2. The molecule has 1 aliphatic rings. The van der Waals surface area contributed by atoms with Crippen molar-refractivity contribution in [3.05, 3.63) is 11.8 Å². The van der Waals surface area contributed by atoms with Crippen molar-refractivity contribution in [2.45, 2.75) is 26.2 Å². The molecule has 19 heavy (non-hydrogen) atoms. The molecule has 1 aromatic rings. The molecule has 1 saturated heterocycles. The lowest BCUT2D eigenvalue weighted by Gasteiger charge is -2.29. The minimum Gasteiger partial charge on any atom is -0.360 e. The van der Waals surface area contributed by atoms with Gasteiger partial charge in [0.25, 0.3) is 0 Å². The summed E-state index contributed by atoms with van der Waals surface area (Å²) in [5, 5.41) is 6.41. The van der Waals surface area contributed by atoms with E-state index in [1.54, 1.807) is 13.0 Å². The maximum atomic E-state index is 11.7. The highest BCUT2D eigenvalue weighted by Gasteiger charge is 2.18. The van der Waals surface area contributed by atoms with E-state index in [9.17, 15) is 9.59 Å². The van der Waals surface area contributed by atoms with Crippen molar-refractivity contribution in [3.63, 3.8) is 0 Å². The number of aromatic nitrogens is 1. The third-order valence-corrected chi connectivity index (χ3v) is 3.38. The average molecular weight is 265 g/mol. The van der Waals surface area contributed by atoms with Crippen LogP contribution in [0.4, 0.5) is 5.82 Å². The van der Waals surface area contributed by atoms with Crippen LogP contribution >= 0.6 is 0 Å². The quantitative estimate of drug-likeness (QED) is 0.810. The van der Waals surface area contributed by atoms with Crippen molar-refractivity contribution in [3.8, 4) is 0 Å². The number of nitrogens with one attached hydrogen (secondary N) is 1. The fourth-order valence-corrected chi connectivity index (χ4v) is 2.20. The van der Waals surface area contributed by atoms with Gasteiger partial charge < -0.3 is 19.5 Å². The van der Waals surface area contributed by atoms with E-state index >= 15 is 0 Å². The average Bonchev–Trinajstić information content (AvgIpc) is 2.82. The fourth-order valence-electron chi connectivity index (χ4n) is 2.20. The largest absolute Gasteiger partial charge is 0.360 e. The summed E-state index contributed by atoms with van der Waals surface area (Å²) in [6, 6.07) is 1.69. The van der Waals surface area contributed by atoms with Gasteiger partial charge in [-0.05, 0) is 32.9 Å². The third-order valence-electron chi connectivity index (χ3n) is 3.38. The number of amides is 1. The molecular weight excluding hydrogens is 246 g/mol. The molecule has 1 aliphatic heterocycles. The van der Waals surface area contributed by atoms with Gasteiger partial charge in [0.05, 0.1) is 0 Å². The van der Waals surface area contributed by atoms with Crippen LogP contribution in [0.25, 0.3) is 0 Å². The second-order valence-corrected chi connectivity index (χ2v) is 4.94. The predicted molar refractivity (Wildman–Crippen MR) is 69.7 cm³/mol. The molecule has 1 aromatic heterocycles. The Labute approximate surface area is 112 Å². The molecule has 2 rings (SSSR count). The van der Waals surface area contributed by atoms with Crippen LogP contribution in [0, 0.1) is 12.8 Å². The fraction of sp³-hybridized carbons (Fsp3) is 0.615. The molecule has 2 heterocycles. The summed E-state index contributed by atoms with van der Waals surface area (Å²) in [5.41, 5.74) is 0. The Hall–Kier alpha value is -1.69. The lowest BCUT2D eigenvalue weighted by Crippen LogP contribution is -2.36. The van der Waals surface area contributed by atoms with Crippen molar-refractivity contribution >= 4 is 18.0 Å². The number of likely N-dealkylation sites (tertiary alicyclic amines) is 1. The molecular formula is C13H19N3O3. The zero-order chi connectivity index (χ0) is 13.7. The van der Waals surface area contributed by atoms with Crippen LogP contribution in [0.1, 0.15) is 25.0 Å². The molecule has 0 aromatic carbocycles. The maximum absolute atomic E-state index is 11.7. The van der Waals surface area contributed by atoms with Crippen LogP contribution in [0.5, 0.6) is 0 Å². The van der Waals surface area contributed by atoms with Crippen LogP contribution in [0.3, 0.4) is 0 Å². The van der Waals surface area contributed by atoms with Crippen molar-refractivity contribution in [1.82, 2.24) is 10.1 Å². The smallest absolute Gasteiger partial charge is 0.226 e. The van der Waals surface area contributed by atoms with Crippen LogP contribution in [-0.2, 0) is 9.59 Å². The Bertz CT molecular complexity index is 436. The molecule has 104 valence electrons. The Morgan fingerprint density at radius 2 is 2.32 bits per heavy atom. The minimum absolute atomic E-state index is 0.0641. The number of nitrogens with zero attached hydrogens (tertiary/aromatic N) is 2. The van der Waals surface area contributed by atoms with Crippen LogP contribution in [0.2, 0.25) is 0 Å². The molecule has 1 fully saturated rings. The number of piperidine rings is 1. The molecule has 0 aliphatic carbocycles. The van der Waals surface area contributed by atoms with Crippen LogP contribution in [-0.4, -0.2) is 41.9 Å². The number of hydrogen-bond donors (Lipinski definition) is 1. The molecule has 0 unspecified atom stereocenters. The second-order valence-electron chi connectivity index (χ2n) is 4.94. The summed E-state index contributed by atoms with van der Waals surface area (Å²) in [6.45, 7) is 4.27. The highest BCUT2D eigenvalue weighted by Crippen LogP contribution is 2.15. The van der Waals surface area contributed by atoms with Gasteiger partial charge in [-0.25, -0.2) is 0 Å². The number of aryl methyl sites for hydroxylation is 1. The SMILES string of the molecule is Cc1cc(NC(=O)CCN2CCC(C=O)CC2)no1. The van der Waals surface area contributed by atoms with Gasteiger partial charge in [0.2, 0.25) is 5.91 Å². The predicted octanol–water partition coefficient (Wildman–Crippen LogP) is 1.22. The van der Waals surface area contributed by atoms with E-state index in [1.807, 2.05) is 0 Å². The standard InChI is InChI=1S/C13H19N3O3/c1-10-8-12(15-19-10)14-13(18)4-7-16-5-2-11(9-17)3-6-16/h8-9,11H,2-7H2,1H3,(H,14,15,18). The maximum Gasteiger partial charge on any atom is 0.226 e. The molecule has 0 radical (unpaired) electrons. The van der Waals surface area contributed by atoms with Gasteiger partial charge >= 0.3 is 0 Å². The van der Waals surface area contributed by atoms with Crippen molar-refractivity contribution < 1.29 is 14.1 Å². The van der Waals surface area contributed by atoms with Crippen LogP contribution < -0.4 is 5.32 Å². The summed E-state index contributed by atoms with van der Waals surface area (Å²) in [4.78, 5) is 24.6. The van der Waals surface area contributed by atoms with Crippen LogP contribution in [0.15, 0.2) is 10.6 Å². The molecule has 0 saturated carbocycles. The molecule has 6 heteroatoms. The van der Waals surface area contributed by atoms with E-state index < -0.39 is 0 Å². The first-order chi connectivity index (χ1) is 9.17. The number of carbonyl (C=O) groups is 2. The first-order valence-corrected chi connectivity index (χ1v) is 6.58. The molecule has 1 amide bonds. The minimum atomic E-state index is -0.0641. The summed E-state index contributed by atoms with van der Waals surface area (Å²) >= 11 is 0. The highest BCUT2D eigenvalue weighted by molar-refractivity contribution is 5.89. The van der Waals surface area contributed by atoms with E-state index in [4.69, 9.17) is 4.52 Å². The van der Waals surface area contributed by atoms with Gasteiger partial charge in [-0.1, -0.05) is 5.16 Å². The van der Waals surface area contributed by atoms with Gasteiger partial charge in [0, 0.05) is 24.9 Å². The zero-order valence-corrected chi connectivity index (χ0v) is 11.1. The highest BCUT2D eigenvalue weighted by atomic mass is 16.5. The molecule has 0 bridgehead atoms. The Kier molecular flexibility index (Phi) is 4.68. The second kappa shape index (κ2) is 6.47. The number of anilines is 1. The van der Waals surface area contributed by atoms with E-state index in [0.717, 1.165) is 32.2 Å². The van der Waals surface area contributed by atoms with Crippen molar-refractivity contribution in [2.75, 3.05) is 25.0 Å². The number of hydrogen-bond acceptors (Lipinski definition) is 5. The van der Waals surface area contributed by atoms with Gasteiger partial charge in [0.1, 0.15) is 12.0 Å². The van der Waals surface area contributed by atoms with Gasteiger partial charge in [-0.15, -0.1) is 0 Å². The first-order valence-electron chi connectivity index (χ1n) is 6.58. The lowest BCUT2D eigenvalue weighted by atomic mass is 9.98. The van der Waals surface area contributed by atoms with Crippen molar-refractivity contribution in [1.29, 1.82) is 0 Å². The third kappa shape index (κ3) is 4.17. The monoisotopic (exact) mass is 265 g/mol. The Balaban J connectivity index is 1.68. The summed E-state index contributed by atoms with van der Waals surface area (Å²) < 4.78 is 4.88. The van der Waals surface area contributed by atoms with Gasteiger partial charge in [-0.3, -0.25) is 4.79 Å². The summed E-state index contributed by atoms with van der Waals surface area (Å²) in [6.07, 6.45) is 3.26. The lowest BCUT2D eigenvalue weighted by molar-refractivity contribution is -0.117. The van der Waals surface area contributed by atoms with E-state index in [2.05, 4.69) is 15.4 Å². The summed E-state index contributed by atoms with van der Waals surface area (Å²) in [5.74, 6) is 1.27. The Morgan fingerprint density at radius 1 is 1.58 bits per heavy atom. The molecule has 1 N–H and O–H groups in total. The van der Waals surface area contributed by atoms with E-state index in [-0.39, 0.29) is 11.8 Å². The molecule has 6 nitrogen and oxygen atoms in total. The van der Waals surface area contributed by atoms with Gasteiger partial charge in [-0.2, -0.15) is 0 Å². The first kappa shape index (κ1) is 13.7. The molecule has 0 atom stereocenters. The topological polar surface area (TPSA) is 75.4 Å². The molecule has 0 spiro atoms. The normalized spacial score (nSPS) is 17.3. The number of aldehydes is 1. The van der Waals surface area contributed by atoms with E-state index in [1.165, 1.54) is 0 Å².